The van der Waals surface area contributed by atoms with Gasteiger partial charge < -0.3 is 4.74 Å². The van der Waals surface area contributed by atoms with Gasteiger partial charge in [0.05, 0.1) is 5.56 Å². The lowest BCUT2D eigenvalue weighted by atomic mass is 9.82. The molecule has 0 saturated carbocycles. The molecule has 1 aliphatic carbocycles. The molecule has 2 rings (SSSR count). The van der Waals surface area contributed by atoms with Crippen LogP contribution in [0.2, 0.25) is 0 Å². The molecule has 0 heterocycles. The van der Waals surface area contributed by atoms with Crippen LogP contribution in [0.15, 0.2) is 35.9 Å². The minimum absolute atomic E-state index is 0.0470. The van der Waals surface area contributed by atoms with Crippen molar-refractivity contribution >= 4 is 5.97 Å². The fraction of sp³-hybridized carbons (Fsp3) is 0.500. The summed E-state index contributed by atoms with van der Waals surface area (Å²) >= 11 is 0. The van der Waals surface area contributed by atoms with E-state index in [1.54, 1.807) is 0 Å². The number of hydrogen-bond donors (Lipinski definition) is 0. The molecule has 0 N–H and O–H groups in total. The first-order valence-electron chi connectivity index (χ1n) is 7.41. The van der Waals surface area contributed by atoms with Crippen LogP contribution in [0.25, 0.3) is 0 Å². The standard InChI is InChI=1S/C18H24O2/c1-5-18(3,4)15-9-7-14(8-10-15)17(19)20-16-11-6-13(2)12-16/h7-10,12,16H,5-6,11H2,1-4H3. The van der Waals surface area contributed by atoms with Crippen molar-refractivity contribution in [3.05, 3.63) is 47.0 Å². The van der Waals surface area contributed by atoms with Crippen LogP contribution < -0.4 is 0 Å². The van der Waals surface area contributed by atoms with Gasteiger partial charge in [-0.05, 0) is 55.4 Å². The molecule has 1 unspecified atom stereocenters. The lowest BCUT2D eigenvalue weighted by molar-refractivity contribution is 0.0395. The van der Waals surface area contributed by atoms with Crippen LogP contribution in [0, 0.1) is 0 Å². The van der Waals surface area contributed by atoms with Crippen LogP contribution in [0.4, 0.5) is 0 Å². The summed E-state index contributed by atoms with van der Waals surface area (Å²) in [7, 11) is 0. The number of rotatable bonds is 4. The Labute approximate surface area is 121 Å². The van der Waals surface area contributed by atoms with Gasteiger partial charge in [-0.3, -0.25) is 0 Å². The first-order chi connectivity index (χ1) is 9.42. The van der Waals surface area contributed by atoms with E-state index in [1.807, 2.05) is 30.3 Å². The molecule has 108 valence electrons. The third-order valence-electron chi connectivity index (χ3n) is 4.34. The molecular formula is C18H24O2. The average Bonchev–Trinajstić information content (AvgIpc) is 2.84. The maximum absolute atomic E-state index is 12.1. The van der Waals surface area contributed by atoms with E-state index in [0.717, 1.165) is 19.3 Å². The Bertz CT molecular complexity index is 509. The molecule has 2 heteroatoms. The number of allylic oxidation sites excluding steroid dienone is 1. The summed E-state index contributed by atoms with van der Waals surface area (Å²) in [5.74, 6) is -0.221. The zero-order chi connectivity index (χ0) is 14.8. The highest BCUT2D eigenvalue weighted by Gasteiger charge is 2.20. The van der Waals surface area contributed by atoms with Crippen molar-refractivity contribution < 1.29 is 9.53 Å². The normalized spacial score (nSPS) is 18.8. The van der Waals surface area contributed by atoms with Gasteiger partial charge in [-0.2, -0.15) is 0 Å². The second kappa shape index (κ2) is 5.82. The third-order valence-corrected chi connectivity index (χ3v) is 4.34. The van der Waals surface area contributed by atoms with Crippen molar-refractivity contribution in [3.63, 3.8) is 0 Å². The summed E-state index contributed by atoms with van der Waals surface area (Å²) in [5, 5.41) is 0. The fourth-order valence-electron chi connectivity index (χ4n) is 2.41. The second-order valence-corrected chi connectivity index (χ2v) is 6.31. The number of ether oxygens (including phenoxy) is 1. The maximum Gasteiger partial charge on any atom is 0.338 e. The molecule has 0 spiro atoms. The van der Waals surface area contributed by atoms with Gasteiger partial charge in [-0.15, -0.1) is 0 Å². The second-order valence-electron chi connectivity index (χ2n) is 6.31. The van der Waals surface area contributed by atoms with Crippen LogP contribution in [0.3, 0.4) is 0 Å². The minimum Gasteiger partial charge on any atom is -0.455 e. The van der Waals surface area contributed by atoms with Gasteiger partial charge in [-0.25, -0.2) is 4.79 Å². The molecule has 1 aromatic rings. The van der Waals surface area contributed by atoms with Crippen molar-refractivity contribution in [1.82, 2.24) is 0 Å². The summed E-state index contributed by atoms with van der Waals surface area (Å²) in [6.45, 7) is 8.69. The largest absolute Gasteiger partial charge is 0.455 e. The van der Waals surface area contributed by atoms with Crippen molar-refractivity contribution in [3.8, 4) is 0 Å². The summed E-state index contributed by atoms with van der Waals surface area (Å²) in [6.07, 6.45) is 5.02. The van der Waals surface area contributed by atoms with Gasteiger partial charge in [0.25, 0.3) is 0 Å². The monoisotopic (exact) mass is 272 g/mol. The predicted molar refractivity (Wildman–Crippen MR) is 82.0 cm³/mol. The van der Waals surface area contributed by atoms with E-state index in [1.165, 1.54) is 11.1 Å². The summed E-state index contributed by atoms with van der Waals surface area (Å²) in [5.41, 5.74) is 3.35. The Balaban J connectivity index is 2.04. The van der Waals surface area contributed by atoms with Crippen LogP contribution in [-0.2, 0) is 10.2 Å². The van der Waals surface area contributed by atoms with Gasteiger partial charge in [0.1, 0.15) is 6.10 Å². The predicted octanol–water partition coefficient (Wildman–Crippen LogP) is 4.64. The molecule has 1 atom stereocenters. The number of benzene rings is 1. The molecule has 0 aliphatic heterocycles. The Kier molecular flexibility index (Phi) is 4.32. The Morgan fingerprint density at radius 2 is 1.95 bits per heavy atom. The highest BCUT2D eigenvalue weighted by Crippen LogP contribution is 2.27. The highest BCUT2D eigenvalue weighted by atomic mass is 16.5. The summed E-state index contributed by atoms with van der Waals surface area (Å²) in [6, 6.07) is 7.83. The zero-order valence-electron chi connectivity index (χ0n) is 12.9. The molecule has 0 saturated heterocycles. The van der Waals surface area contributed by atoms with Crippen molar-refractivity contribution in [2.45, 2.75) is 58.5 Å². The van der Waals surface area contributed by atoms with Gasteiger partial charge in [0, 0.05) is 0 Å². The van der Waals surface area contributed by atoms with Gasteiger partial charge in [-0.1, -0.05) is 38.5 Å². The van der Waals surface area contributed by atoms with Crippen molar-refractivity contribution in [1.29, 1.82) is 0 Å². The average molecular weight is 272 g/mol. The molecule has 0 fully saturated rings. The number of carbonyl (C=O) groups is 1. The van der Waals surface area contributed by atoms with E-state index in [9.17, 15) is 4.79 Å². The van der Waals surface area contributed by atoms with Gasteiger partial charge >= 0.3 is 5.97 Å². The number of carbonyl (C=O) groups excluding carboxylic acids is 1. The molecule has 0 bridgehead atoms. The van der Waals surface area contributed by atoms with E-state index in [0.29, 0.717) is 5.56 Å². The topological polar surface area (TPSA) is 26.3 Å². The lowest BCUT2D eigenvalue weighted by Gasteiger charge is -2.23. The summed E-state index contributed by atoms with van der Waals surface area (Å²) < 4.78 is 5.50. The number of hydrogen-bond acceptors (Lipinski definition) is 2. The van der Waals surface area contributed by atoms with E-state index in [-0.39, 0.29) is 17.5 Å². The highest BCUT2D eigenvalue weighted by molar-refractivity contribution is 5.89. The van der Waals surface area contributed by atoms with Crippen LogP contribution in [0.5, 0.6) is 0 Å². The van der Waals surface area contributed by atoms with E-state index < -0.39 is 0 Å². The molecule has 0 amide bonds. The third kappa shape index (κ3) is 3.30. The van der Waals surface area contributed by atoms with E-state index >= 15 is 0 Å². The van der Waals surface area contributed by atoms with Crippen molar-refractivity contribution in [2.75, 3.05) is 0 Å². The molecule has 0 radical (unpaired) electrons. The van der Waals surface area contributed by atoms with E-state index in [2.05, 4.69) is 27.7 Å². The maximum atomic E-state index is 12.1. The Hall–Kier alpha value is -1.57. The molecular weight excluding hydrogens is 248 g/mol. The minimum atomic E-state index is -0.221. The molecule has 0 aromatic heterocycles. The molecule has 20 heavy (non-hydrogen) atoms. The van der Waals surface area contributed by atoms with Gasteiger partial charge in [0.15, 0.2) is 0 Å². The van der Waals surface area contributed by atoms with Crippen molar-refractivity contribution in [2.24, 2.45) is 0 Å². The number of esters is 1. The smallest absolute Gasteiger partial charge is 0.338 e. The van der Waals surface area contributed by atoms with Crippen LogP contribution >= 0.6 is 0 Å². The van der Waals surface area contributed by atoms with E-state index in [4.69, 9.17) is 4.74 Å². The Morgan fingerprint density at radius 3 is 2.45 bits per heavy atom. The molecule has 1 aliphatic rings. The first kappa shape index (κ1) is 14.8. The Morgan fingerprint density at radius 1 is 1.30 bits per heavy atom. The lowest BCUT2D eigenvalue weighted by Crippen LogP contribution is -2.17. The van der Waals surface area contributed by atoms with Crippen LogP contribution in [-0.4, -0.2) is 12.1 Å². The SMILES string of the molecule is CCC(C)(C)c1ccc(C(=O)OC2C=C(C)CC2)cc1. The molecule has 2 nitrogen and oxygen atoms in total. The van der Waals surface area contributed by atoms with Crippen LogP contribution in [0.1, 0.15) is 62.9 Å². The zero-order valence-corrected chi connectivity index (χ0v) is 12.9. The van der Waals surface area contributed by atoms with Gasteiger partial charge in [0.2, 0.25) is 0 Å². The fourth-order valence-corrected chi connectivity index (χ4v) is 2.41. The molecule has 1 aromatic carbocycles. The first-order valence-corrected chi connectivity index (χ1v) is 7.41. The quantitative estimate of drug-likeness (QED) is 0.589. The summed E-state index contributed by atoms with van der Waals surface area (Å²) in [4.78, 5) is 12.1.